The summed E-state index contributed by atoms with van der Waals surface area (Å²) in [5, 5.41) is 0. The summed E-state index contributed by atoms with van der Waals surface area (Å²) in [4.78, 5) is 0. The van der Waals surface area contributed by atoms with Gasteiger partial charge in [-0.2, -0.15) is 0 Å². The summed E-state index contributed by atoms with van der Waals surface area (Å²) in [5.41, 5.74) is 0. The summed E-state index contributed by atoms with van der Waals surface area (Å²) in [7, 11) is 0. The summed E-state index contributed by atoms with van der Waals surface area (Å²) in [6.07, 6.45) is 13.7. The maximum Gasteiger partial charge on any atom is 0.0404 e. The van der Waals surface area contributed by atoms with Gasteiger partial charge >= 0.3 is 0 Å². The molecule has 0 amide bonds. The van der Waals surface area contributed by atoms with Gasteiger partial charge < -0.3 is 0 Å². The maximum absolute atomic E-state index is 5.50. The van der Waals surface area contributed by atoms with Crippen molar-refractivity contribution in [1.82, 2.24) is 0 Å². The van der Waals surface area contributed by atoms with E-state index < -0.39 is 0 Å². The molecule has 0 unspecified atom stereocenters. The van der Waals surface area contributed by atoms with Crippen molar-refractivity contribution in [2.24, 2.45) is 0 Å². The largest absolute Gasteiger partial charge is 0.122 e. The molecular formula is C11H21Cl. The highest BCUT2D eigenvalue weighted by molar-refractivity contribution is 6.18. The van der Waals surface area contributed by atoms with Crippen molar-refractivity contribution in [3.8, 4) is 0 Å². The third-order valence-electron chi connectivity index (χ3n) is 1.98. The topological polar surface area (TPSA) is 0 Å². The number of alkyl halides is 1. The van der Waals surface area contributed by atoms with E-state index in [1.807, 2.05) is 6.08 Å². The first-order valence-electron chi connectivity index (χ1n) is 5.12. The van der Waals surface area contributed by atoms with Crippen LogP contribution in [0.3, 0.4) is 0 Å². The minimum Gasteiger partial charge on any atom is -0.122 e. The van der Waals surface area contributed by atoms with E-state index in [9.17, 15) is 0 Å². The zero-order valence-corrected chi connectivity index (χ0v) is 8.95. The average molecular weight is 189 g/mol. The Balaban J connectivity index is 2.86. The zero-order chi connectivity index (χ0) is 9.07. The molecule has 0 rings (SSSR count). The summed E-state index contributed by atoms with van der Waals surface area (Å²) < 4.78 is 0. The van der Waals surface area contributed by atoms with Gasteiger partial charge in [-0.1, -0.05) is 51.2 Å². The van der Waals surface area contributed by atoms with E-state index in [2.05, 4.69) is 13.0 Å². The van der Waals surface area contributed by atoms with E-state index in [0.29, 0.717) is 5.88 Å². The third kappa shape index (κ3) is 10.0. The van der Waals surface area contributed by atoms with E-state index >= 15 is 0 Å². The molecule has 0 saturated carbocycles. The molecule has 72 valence electrons. The lowest BCUT2D eigenvalue weighted by Gasteiger charge is -1.97. The molecule has 0 aliphatic rings. The molecule has 0 fully saturated rings. The van der Waals surface area contributed by atoms with Crippen LogP contribution in [0, 0.1) is 0 Å². The Labute approximate surface area is 82.0 Å². The van der Waals surface area contributed by atoms with Gasteiger partial charge in [0.2, 0.25) is 0 Å². The standard InChI is InChI=1S/C11H21Cl/c1-2-3-4-5-6-7-8-9-10-11-12/h9-10H,2-8,11H2,1H3/b10-9-. The fraction of sp³-hybridized carbons (Fsp3) is 0.818. The van der Waals surface area contributed by atoms with Gasteiger partial charge in [0.25, 0.3) is 0 Å². The fourth-order valence-corrected chi connectivity index (χ4v) is 1.35. The van der Waals surface area contributed by atoms with Crippen LogP contribution in [0.15, 0.2) is 12.2 Å². The van der Waals surface area contributed by atoms with E-state index in [1.165, 1.54) is 44.9 Å². The SMILES string of the molecule is CCCCCCCC/C=C\CCl. The molecule has 0 nitrogen and oxygen atoms in total. The Morgan fingerprint density at radius 2 is 1.58 bits per heavy atom. The highest BCUT2D eigenvalue weighted by atomic mass is 35.5. The molecule has 0 aromatic heterocycles. The highest BCUT2D eigenvalue weighted by Gasteiger charge is 1.87. The minimum absolute atomic E-state index is 0.663. The molecule has 12 heavy (non-hydrogen) atoms. The van der Waals surface area contributed by atoms with Crippen molar-refractivity contribution < 1.29 is 0 Å². The van der Waals surface area contributed by atoms with Crippen LogP contribution in [-0.2, 0) is 0 Å². The monoisotopic (exact) mass is 188 g/mol. The van der Waals surface area contributed by atoms with E-state index in [4.69, 9.17) is 11.6 Å². The first-order valence-corrected chi connectivity index (χ1v) is 5.66. The molecule has 1 heteroatoms. The molecule has 0 saturated heterocycles. The first kappa shape index (κ1) is 12.0. The van der Waals surface area contributed by atoms with E-state index in [-0.39, 0.29) is 0 Å². The molecule has 0 aliphatic carbocycles. The summed E-state index contributed by atoms with van der Waals surface area (Å²) in [5.74, 6) is 0.663. The predicted octanol–water partition coefficient (Wildman–Crippen LogP) is 4.53. The van der Waals surface area contributed by atoms with Crippen LogP contribution in [0.5, 0.6) is 0 Å². The van der Waals surface area contributed by atoms with Crippen molar-refractivity contribution in [3.63, 3.8) is 0 Å². The molecule has 0 N–H and O–H groups in total. The van der Waals surface area contributed by atoms with Gasteiger partial charge in [-0.15, -0.1) is 11.6 Å². The number of hydrogen-bond donors (Lipinski definition) is 0. The van der Waals surface area contributed by atoms with Crippen molar-refractivity contribution in [2.45, 2.75) is 51.9 Å². The van der Waals surface area contributed by atoms with Gasteiger partial charge in [0, 0.05) is 5.88 Å². The second-order valence-electron chi connectivity index (χ2n) is 3.18. The van der Waals surface area contributed by atoms with Crippen LogP contribution in [-0.4, -0.2) is 5.88 Å². The van der Waals surface area contributed by atoms with Crippen molar-refractivity contribution >= 4 is 11.6 Å². The Hall–Kier alpha value is 0.0300. The third-order valence-corrected chi connectivity index (χ3v) is 2.16. The number of allylic oxidation sites excluding steroid dienone is 2. The van der Waals surface area contributed by atoms with Crippen LogP contribution in [0.1, 0.15) is 51.9 Å². The van der Waals surface area contributed by atoms with Gasteiger partial charge in [-0.25, -0.2) is 0 Å². The second-order valence-corrected chi connectivity index (χ2v) is 3.49. The predicted molar refractivity (Wildman–Crippen MR) is 57.9 cm³/mol. The van der Waals surface area contributed by atoms with Gasteiger partial charge in [0.15, 0.2) is 0 Å². The molecule has 0 atom stereocenters. The lowest BCUT2D eigenvalue weighted by atomic mass is 10.1. The first-order chi connectivity index (χ1) is 5.91. The van der Waals surface area contributed by atoms with Gasteiger partial charge in [-0.05, 0) is 12.8 Å². The van der Waals surface area contributed by atoms with E-state index in [0.717, 1.165) is 0 Å². The zero-order valence-electron chi connectivity index (χ0n) is 8.19. The second kappa shape index (κ2) is 11.0. The van der Waals surface area contributed by atoms with Crippen LogP contribution in [0.2, 0.25) is 0 Å². The number of hydrogen-bond acceptors (Lipinski definition) is 0. The molecule has 0 spiro atoms. The van der Waals surface area contributed by atoms with Crippen molar-refractivity contribution in [3.05, 3.63) is 12.2 Å². The Morgan fingerprint density at radius 1 is 0.917 bits per heavy atom. The molecule has 0 aromatic rings. The minimum atomic E-state index is 0.663. The molecular weight excluding hydrogens is 168 g/mol. The molecule has 0 heterocycles. The molecule has 0 radical (unpaired) electrons. The van der Waals surface area contributed by atoms with Gasteiger partial charge in [0.05, 0.1) is 0 Å². The Kier molecular flexibility index (Phi) is 11.1. The Morgan fingerprint density at radius 3 is 2.25 bits per heavy atom. The number of halogens is 1. The number of unbranched alkanes of at least 4 members (excludes halogenated alkanes) is 6. The quantitative estimate of drug-likeness (QED) is 0.298. The average Bonchev–Trinajstić information content (AvgIpc) is 2.10. The molecule has 0 aromatic carbocycles. The van der Waals surface area contributed by atoms with Crippen LogP contribution in [0.25, 0.3) is 0 Å². The smallest absolute Gasteiger partial charge is 0.0404 e. The Bertz CT molecular complexity index is 97.2. The normalized spacial score (nSPS) is 11.2. The summed E-state index contributed by atoms with van der Waals surface area (Å²) in [6.45, 7) is 2.25. The van der Waals surface area contributed by atoms with Crippen LogP contribution in [0.4, 0.5) is 0 Å². The van der Waals surface area contributed by atoms with Crippen molar-refractivity contribution in [1.29, 1.82) is 0 Å². The fourth-order valence-electron chi connectivity index (χ4n) is 1.22. The van der Waals surface area contributed by atoms with Crippen LogP contribution < -0.4 is 0 Å². The van der Waals surface area contributed by atoms with Gasteiger partial charge in [-0.3, -0.25) is 0 Å². The molecule has 0 aliphatic heterocycles. The highest BCUT2D eigenvalue weighted by Crippen LogP contribution is 2.06. The number of rotatable bonds is 8. The van der Waals surface area contributed by atoms with Crippen molar-refractivity contribution in [2.75, 3.05) is 5.88 Å². The van der Waals surface area contributed by atoms with E-state index in [1.54, 1.807) is 0 Å². The molecule has 0 bridgehead atoms. The van der Waals surface area contributed by atoms with Crippen LogP contribution >= 0.6 is 11.6 Å². The lowest BCUT2D eigenvalue weighted by molar-refractivity contribution is 0.611. The lowest BCUT2D eigenvalue weighted by Crippen LogP contribution is -1.77. The summed E-state index contributed by atoms with van der Waals surface area (Å²) >= 11 is 5.50. The van der Waals surface area contributed by atoms with Gasteiger partial charge in [0.1, 0.15) is 0 Å². The summed E-state index contributed by atoms with van der Waals surface area (Å²) in [6, 6.07) is 0. The maximum atomic E-state index is 5.50.